The lowest BCUT2D eigenvalue weighted by Crippen LogP contribution is -2.27. The van der Waals surface area contributed by atoms with Gasteiger partial charge < -0.3 is 10.6 Å². The largest absolute Gasteiger partial charge is 0.382 e. The van der Waals surface area contributed by atoms with Gasteiger partial charge >= 0.3 is 0 Å². The summed E-state index contributed by atoms with van der Waals surface area (Å²) in [4.78, 5) is 21.3. The van der Waals surface area contributed by atoms with Crippen LogP contribution in [0.1, 0.15) is 10.5 Å². The Morgan fingerprint density at radius 2 is 1.88 bits per heavy atom. The number of amides is 1. The van der Waals surface area contributed by atoms with Crippen LogP contribution in [0.25, 0.3) is 0 Å². The maximum absolute atomic E-state index is 12.0. The van der Waals surface area contributed by atoms with E-state index in [-0.39, 0.29) is 11.6 Å². The Labute approximate surface area is 98.9 Å². The Kier molecular flexibility index (Phi) is 3.00. The van der Waals surface area contributed by atoms with E-state index in [4.69, 9.17) is 5.73 Å². The molecular formula is C12H12N4O. The highest BCUT2D eigenvalue weighted by molar-refractivity contribution is 6.04. The fraction of sp³-hybridized carbons (Fsp3) is 0.0833. The molecule has 5 nitrogen and oxygen atoms in total. The van der Waals surface area contributed by atoms with E-state index in [1.807, 2.05) is 30.3 Å². The fourth-order valence-electron chi connectivity index (χ4n) is 1.39. The number of benzene rings is 1. The summed E-state index contributed by atoms with van der Waals surface area (Å²) >= 11 is 0. The molecule has 0 saturated heterocycles. The average molecular weight is 228 g/mol. The van der Waals surface area contributed by atoms with Crippen molar-refractivity contribution in [1.82, 2.24) is 9.97 Å². The first-order valence-electron chi connectivity index (χ1n) is 5.09. The third-order valence-electron chi connectivity index (χ3n) is 2.34. The number of nitrogen functional groups attached to an aromatic ring is 1. The van der Waals surface area contributed by atoms with E-state index in [1.54, 1.807) is 7.05 Å². The lowest BCUT2D eigenvalue weighted by atomic mass is 10.3. The Bertz CT molecular complexity index is 510. The topological polar surface area (TPSA) is 72.1 Å². The zero-order valence-corrected chi connectivity index (χ0v) is 9.37. The van der Waals surface area contributed by atoms with Gasteiger partial charge in [0, 0.05) is 12.7 Å². The third kappa shape index (κ3) is 2.39. The van der Waals surface area contributed by atoms with Crippen LogP contribution >= 0.6 is 0 Å². The van der Waals surface area contributed by atoms with Crippen molar-refractivity contribution in [1.29, 1.82) is 0 Å². The van der Waals surface area contributed by atoms with Gasteiger partial charge in [0.1, 0.15) is 11.5 Å². The summed E-state index contributed by atoms with van der Waals surface area (Å²) in [5, 5.41) is 0. The van der Waals surface area contributed by atoms with Crippen LogP contribution in [-0.2, 0) is 0 Å². The van der Waals surface area contributed by atoms with E-state index >= 15 is 0 Å². The molecule has 2 rings (SSSR count). The minimum absolute atomic E-state index is 0.219. The van der Waals surface area contributed by atoms with Crippen LogP contribution in [0.3, 0.4) is 0 Å². The van der Waals surface area contributed by atoms with Crippen molar-refractivity contribution >= 4 is 17.4 Å². The maximum Gasteiger partial charge on any atom is 0.278 e. The van der Waals surface area contributed by atoms with Crippen molar-refractivity contribution in [3.8, 4) is 0 Å². The number of nitrogens with zero attached hydrogens (tertiary/aromatic N) is 3. The number of aromatic nitrogens is 2. The highest BCUT2D eigenvalue weighted by Gasteiger charge is 2.14. The Morgan fingerprint density at radius 3 is 2.47 bits per heavy atom. The van der Waals surface area contributed by atoms with Crippen LogP contribution < -0.4 is 10.6 Å². The van der Waals surface area contributed by atoms with E-state index in [2.05, 4.69) is 9.97 Å². The molecule has 1 aromatic carbocycles. The van der Waals surface area contributed by atoms with Crippen molar-refractivity contribution in [2.75, 3.05) is 17.7 Å². The summed E-state index contributed by atoms with van der Waals surface area (Å²) in [6.07, 6.45) is 2.74. The van der Waals surface area contributed by atoms with E-state index in [9.17, 15) is 4.79 Å². The maximum atomic E-state index is 12.0. The summed E-state index contributed by atoms with van der Waals surface area (Å²) in [6.45, 7) is 0. The van der Waals surface area contributed by atoms with Crippen molar-refractivity contribution in [2.45, 2.75) is 0 Å². The van der Waals surface area contributed by atoms with Gasteiger partial charge in [-0.25, -0.2) is 9.97 Å². The Hall–Kier alpha value is -2.43. The predicted molar refractivity (Wildman–Crippen MR) is 65.6 cm³/mol. The third-order valence-corrected chi connectivity index (χ3v) is 2.34. The first-order chi connectivity index (χ1) is 8.18. The second kappa shape index (κ2) is 4.61. The van der Waals surface area contributed by atoms with Crippen LogP contribution in [0.2, 0.25) is 0 Å². The number of anilines is 2. The van der Waals surface area contributed by atoms with Crippen molar-refractivity contribution in [3.05, 3.63) is 48.4 Å². The molecule has 0 aliphatic carbocycles. The number of carbonyl (C=O) groups is 1. The molecule has 0 aliphatic heterocycles. The molecule has 1 amide bonds. The minimum Gasteiger partial charge on any atom is -0.382 e. The summed E-state index contributed by atoms with van der Waals surface area (Å²) < 4.78 is 0. The van der Waals surface area contributed by atoms with Gasteiger partial charge in [0.05, 0.1) is 12.4 Å². The molecule has 86 valence electrons. The van der Waals surface area contributed by atoms with Gasteiger partial charge in [-0.2, -0.15) is 0 Å². The van der Waals surface area contributed by atoms with Crippen LogP contribution in [0, 0.1) is 0 Å². The van der Waals surface area contributed by atoms with E-state index < -0.39 is 0 Å². The van der Waals surface area contributed by atoms with E-state index in [0.717, 1.165) is 5.69 Å². The number of para-hydroxylation sites is 1. The first-order valence-corrected chi connectivity index (χ1v) is 5.09. The molecule has 1 aromatic heterocycles. The summed E-state index contributed by atoms with van der Waals surface area (Å²) in [7, 11) is 1.69. The number of hydrogen-bond donors (Lipinski definition) is 1. The second-order valence-corrected chi connectivity index (χ2v) is 3.53. The normalized spacial score (nSPS) is 9.94. The Morgan fingerprint density at radius 1 is 1.18 bits per heavy atom. The summed E-state index contributed by atoms with van der Waals surface area (Å²) in [5.41, 5.74) is 6.49. The standard InChI is InChI=1S/C12H12N4O/c1-16(9-5-3-2-4-6-9)12(17)10-7-15-11(13)8-14-10/h2-8H,1H3,(H2,13,15). The van der Waals surface area contributed by atoms with Crippen molar-refractivity contribution in [3.63, 3.8) is 0 Å². The van der Waals surface area contributed by atoms with Gasteiger partial charge in [-0.3, -0.25) is 4.79 Å². The molecule has 2 N–H and O–H groups in total. The fourth-order valence-corrected chi connectivity index (χ4v) is 1.39. The zero-order valence-electron chi connectivity index (χ0n) is 9.37. The molecule has 0 atom stereocenters. The lowest BCUT2D eigenvalue weighted by Gasteiger charge is -2.16. The number of rotatable bonds is 2. The van der Waals surface area contributed by atoms with Gasteiger partial charge in [0.25, 0.3) is 5.91 Å². The van der Waals surface area contributed by atoms with Crippen LogP contribution in [0.4, 0.5) is 11.5 Å². The smallest absolute Gasteiger partial charge is 0.278 e. The van der Waals surface area contributed by atoms with Gasteiger partial charge in [0.2, 0.25) is 0 Å². The molecule has 0 fully saturated rings. The van der Waals surface area contributed by atoms with Gasteiger partial charge in [-0.15, -0.1) is 0 Å². The van der Waals surface area contributed by atoms with Crippen LogP contribution in [0.5, 0.6) is 0 Å². The van der Waals surface area contributed by atoms with Crippen molar-refractivity contribution < 1.29 is 4.79 Å². The van der Waals surface area contributed by atoms with Gasteiger partial charge in [0.15, 0.2) is 0 Å². The van der Waals surface area contributed by atoms with Crippen LogP contribution in [-0.4, -0.2) is 22.9 Å². The lowest BCUT2D eigenvalue weighted by molar-refractivity contribution is 0.0988. The molecule has 0 unspecified atom stereocenters. The molecule has 1 heterocycles. The van der Waals surface area contributed by atoms with Gasteiger partial charge in [-0.1, -0.05) is 18.2 Å². The molecule has 0 bridgehead atoms. The molecule has 5 heteroatoms. The van der Waals surface area contributed by atoms with E-state index in [0.29, 0.717) is 5.82 Å². The number of carbonyl (C=O) groups excluding carboxylic acids is 1. The highest BCUT2D eigenvalue weighted by atomic mass is 16.2. The predicted octanol–water partition coefficient (Wildman–Crippen LogP) is 1.34. The van der Waals surface area contributed by atoms with E-state index in [1.165, 1.54) is 17.3 Å². The zero-order chi connectivity index (χ0) is 12.3. The molecule has 17 heavy (non-hydrogen) atoms. The molecular weight excluding hydrogens is 216 g/mol. The SMILES string of the molecule is CN(C(=O)c1cnc(N)cn1)c1ccccc1. The Balaban J connectivity index is 2.23. The number of nitrogens with two attached hydrogens (primary N) is 1. The minimum atomic E-state index is -0.219. The summed E-state index contributed by atoms with van der Waals surface area (Å²) in [6, 6.07) is 9.33. The monoisotopic (exact) mass is 228 g/mol. The molecule has 0 saturated carbocycles. The summed E-state index contributed by atoms with van der Waals surface area (Å²) in [5.74, 6) is 0.0765. The molecule has 0 spiro atoms. The molecule has 2 aromatic rings. The molecule has 0 aliphatic rings. The quantitative estimate of drug-likeness (QED) is 0.841. The highest BCUT2D eigenvalue weighted by Crippen LogP contribution is 2.13. The van der Waals surface area contributed by atoms with Gasteiger partial charge in [-0.05, 0) is 12.1 Å². The van der Waals surface area contributed by atoms with Crippen LogP contribution in [0.15, 0.2) is 42.7 Å². The second-order valence-electron chi connectivity index (χ2n) is 3.53. The average Bonchev–Trinajstić information content (AvgIpc) is 2.39. The molecule has 0 radical (unpaired) electrons. The first kappa shape index (κ1) is 11.1. The number of hydrogen-bond acceptors (Lipinski definition) is 4. The van der Waals surface area contributed by atoms with Crippen molar-refractivity contribution in [2.24, 2.45) is 0 Å².